The summed E-state index contributed by atoms with van der Waals surface area (Å²) in [7, 11) is 0. The summed E-state index contributed by atoms with van der Waals surface area (Å²) in [4.78, 5) is 8.05. The van der Waals surface area contributed by atoms with Crippen molar-refractivity contribution in [3.05, 3.63) is 18.6 Å². The van der Waals surface area contributed by atoms with Gasteiger partial charge in [0.25, 0.3) is 0 Å². The Morgan fingerprint density at radius 2 is 2.40 bits per heavy atom. The first-order valence-corrected chi connectivity index (χ1v) is 5.19. The van der Waals surface area contributed by atoms with E-state index in [0.717, 1.165) is 25.5 Å². The minimum atomic E-state index is 0.100. The molecule has 2 heterocycles. The number of hydrazine groups is 1. The van der Waals surface area contributed by atoms with Crippen LogP contribution in [0.5, 0.6) is 0 Å². The third-order valence-corrected chi connectivity index (χ3v) is 2.63. The van der Waals surface area contributed by atoms with Gasteiger partial charge in [-0.05, 0) is 13.8 Å². The summed E-state index contributed by atoms with van der Waals surface area (Å²) in [5.74, 6) is 0.847. The summed E-state index contributed by atoms with van der Waals surface area (Å²) in [6.45, 7) is 7.35. The lowest BCUT2D eigenvalue weighted by Crippen LogP contribution is -2.59. The lowest BCUT2D eigenvalue weighted by Gasteiger charge is -2.42. The van der Waals surface area contributed by atoms with Gasteiger partial charge < -0.3 is 10.7 Å². The van der Waals surface area contributed by atoms with Crippen LogP contribution in [0.4, 0.5) is 5.82 Å². The summed E-state index contributed by atoms with van der Waals surface area (Å²) in [6.07, 6.45) is 3.29. The van der Waals surface area contributed by atoms with E-state index in [2.05, 4.69) is 39.6 Å². The standard InChI is InChI=1S/C10H17N5/c1-10(2)7-11-5-6-15(10)14-9-3-4-12-8-13-9/h3-4,8,11H,5-7H2,1-2H3,(H,12,13,14). The molecular formula is C10H17N5. The third-order valence-electron chi connectivity index (χ3n) is 2.63. The second-order valence-corrected chi connectivity index (χ2v) is 4.35. The third kappa shape index (κ3) is 2.43. The second kappa shape index (κ2) is 4.12. The molecule has 0 aliphatic carbocycles. The Morgan fingerprint density at radius 1 is 1.53 bits per heavy atom. The van der Waals surface area contributed by atoms with Crippen molar-refractivity contribution in [1.29, 1.82) is 0 Å². The van der Waals surface area contributed by atoms with Gasteiger partial charge in [0.1, 0.15) is 12.1 Å². The largest absolute Gasteiger partial charge is 0.313 e. The molecular weight excluding hydrogens is 190 g/mol. The van der Waals surface area contributed by atoms with Gasteiger partial charge in [-0.25, -0.2) is 15.0 Å². The molecule has 0 radical (unpaired) electrons. The van der Waals surface area contributed by atoms with E-state index < -0.39 is 0 Å². The Morgan fingerprint density at radius 3 is 3.07 bits per heavy atom. The number of nitrogens with zero attached hydrogens (tertiary/aromatic N) is 3. The molecule has 0 spiro atoms. The SMILES string of the molecule is CC1(C)CNCCN1Nc1ccncn1. The van der Waals surface area contributed by atoms with Crippen molar-refractivity contribution in [2.75, 3.05) is 25.1 Å². The van der Waals surface area contributed by atoms with E-state index in [0.29, 0.717) is 0 Å². The molecule has 2 rings (SSSR count). The molecule has 5 heteroatoms. The van der Waals surface area contributed by atoms with Gasteiger partial charge in [0.2, 0.25) is 0 Å². The molecule has 1 aliphatic rings. The van der Waals surface area contributed by atoms with E-state index in [1.165, 1.54) is 0 Å². The van der Waals surface area contributed by atoms with Crippen molar-refractivity contribution < 1.29 is 0 Å². The zero-order chi connectivity index (χ0) is 10.7. The van der Waals surface area contributed by atoms with Crippen LogP contribution in [0.1, 0.15) is 13.8 Å². The van der Waals surface area contributed by atoms with Crippen LogP contribution in [0, 0.1) is 0 Å². The van der Waals surface area contributed by atoms with Crippen molar-refractivity contribution in [3.63, 3.8) is 0 Å². The fourth-order valence-corrected chi connectivity index (χ4v) is 1.69. The predicted octanol–water partition coefficient (Wildman–Crippen LogP) is 0.487. The number of nitrogens with one attached hydrogen (secondary N) is 2. The molecule has 1 aromatic heterocycles. The minimum absolute atomic E-state index is 0.100. The van der Waals surface area contributed by atoms with Crippen molar-refractivity contribution in [1.82, 2.24) is 20.3 Å². The van der Waals surface area contributed by atoms with Crippen LogP contribution >= 0.6 is 0 Å². The van der Waals surface area contributed by atoms with Crippen molar-refractivity contribution in [2.45, 2.75) is 19.4 Å². The number of piperazine rings is 1. The Kier molecular flexibility index (Phi) is 2.83. The van der Waals surface area contributed by atoms with E-state index in [1.807, 2.05) is 6.07 Å². The highest BCUT2D eigenvalue weighted by molar-refractivity contribution is 5.30. The van der Waals surface area contributed by atoms with Crippen molar-refractivity contribution >= 4 is 5.82 Å². The fraction of sp³-hybridized carbons (Fsp3) is 0.600. The van der Waals surface area contributed by atoms with Gasteiger partial charge in [-0.2, -0.15) is 0 Å². The van der Waals surface area contributed by atoms with Crippen LogP contribution < -0.4 is 10.7 Å². The van der Waals surface area contributed by atoms with E-state index in [4.69, 9.17) is 0 Å². The molecule has 0 atom stereocenters. The Labute approximate surface area is 89.9 Å². The smallest absolute Gasteiger partial charge is 0.143 e. The zero-order valence-electron chi connectivity index (χ0n) is 9.20. The molecule has 0 bridgehead atoms. The van der Waals surface area contributed by atoms with Crippen molar-refractivity contribution in [2.24, 2.45) is 0 Å². The lowest BCUT2D eigenvalue weighted by molar-refractivity contribution is 0.120. The van der Waals surface area contributed by atoms with E-state index >= 15 is 0 Å². The molecule has 0 amide bonds. The molecule has 0 aromatic carbocycles. The monoisotopic (exact) mass is 207 g/mol. The van der Waals surface area contributed by atoms with Gasteiger partial charge >= 0.3 is 0 Å². The van der Waals surface area contributed by atoms with Crippen LogP contribution in [0.2, 0.25) is 0 Å². The van der Waals surface area contributed by atoms with Crippen LogP contribution in [-0.2, 0) is 0 Å². The van der Waals surface area contributed by atoms with Crippen LogP contribution in [0.3, 0.4) is 0 Å². The summed E-state index contributed by atoms with van der Waals surface area (Å²) in [6, 6.07) is 1.87. The molecule has 82 valence electrons. The maximum atomic E-state index is 4.15. The lowest BCUT2D eigenvalue weighted by atomic mass is 10.0. The van der Waals surface area contributed by atoms with Gasteiger partial charge in [0.15, 0.2) is 0 Å². The summed E-state index contributed by atoms with van der Waals surface area (Å²) < 4.78 is 0. The number of hydrogen-bond donors (Lipinski definition) is 2. The first kappa shape index (κ1) is 10.3. The maximum absolute atomic E-state index is 4.15. The Bertz CT molecular complexity index is 311. The molecule has 0 saturated carbocycles. The predicted molar refractivity (Wildman–Crippen MR) is 59.3 cm³/mol. The summed E-state index contributed by atoms with van der Waals surface area (Å²) in [5.41, 5.74) is 3.41. The molecule has 2 N–H and O–H groups in total. The van der Waals surface area contributed by atoms with Gasteiger partial charge in [-0.1, -0.05) is 0 Å². The van der Waals surface area contributed by atoms with Gasteiger partial charge in [0.05, 0.1) is 0 Å². The van der Waals surface area contributed by atoms with Crippen LogP contribution in [-0.4, -0.2) is 40.2 Å². The topological polar surface area (TPSA) is 53.1 Å². The number of anilines is 1. The molecule has 5 nitrogen and oxygen atoms in total. The molecule has 1 fully saturated rings. The highest BCUT2D eigenvalue weighted by Crippen LogP contribution is 2.16. The highest BCUT2D eigenvalue weighted by Gasteiger charge is 2.29. The summed E-state index contributed by atoms with van der Waals surface area (Å²) in [5, 5.41) is 5.59. The quantitative estimate of drug-likeness (QED) is 0.739. The number of aromatic nitrogens is 2. The first-order chi connectivity index (χ1) is 7.18. The first-order valence-electron chi connectivity index (χ1n) is 5.19. The molecule has 1 aliphatic heterocycles. The average molecular weight is 207 g/mol. The van der Waals surface area contributed by atoms with Crippen LogP contribution in [0.15, 0.2) is 18.6 Å². The molecule has 1 aromatic rings. The van der Waals surface area contributed by atoms with Gasteiger partial charge in [-0.15, -0.1) is 0 Å². The fourth-order valence-electron chi connectivity index (χ4n) is 1.69. The highest BCUT2D eigenvalue weighted by atomic mass is 15.6. The van der Waals surface area contributed by atoms with Crippen molar-refractivity contribution in [3.8, 4) is 0 Å². The number of hydrogen-bond acceptors (Lipinski definition) is 5. The molecule has 15 heavy (non-hydrogen) atoms. The molecule has 0 unspecified atom stereocenters. The molecule has 1 saturated heterocycles. The average Bonchev–Trinajstić information content (AvgIpc) is 2.23. The van der Waals surface area contributed by atoms with Crippen LogP contribution in [0.25, 0.3) is 0 Å². The minimum Gasteiger partial charge on any atom is -0.313 e. The maximum Gasteiger partial charge on any atom is 0.143 e. The van der Waals surface area contributed by atoms with E-state index in [9.17, 15) is 0 Å². The zero-order valence-corrected chi connectivity index (χ0v) is 9.20. The Balaban J connectivity index is 2.05. The second-order valence-electron chi connectivity index (χ2n) is 4.35. The van der Waals surface area contributed by atoms with E-state index in [-0.39, 0.29) is 5.54 Å². The van der Waals surface area contributed by atoms with Gasteiger partial charge in [0, 0.05) is 37.4 Å². The Hall–Kier alpha value is -1.20. The number of rotatable bonds is 2. The van der Waals surface area contributed by atoms with Gasteiger partial charge in [-0.3, -0.25) is 0 Å². The normalized spacial score (nSPS) is 21.2. The summed E-state index contributed by atoms with van der Waals surface area (Å²) >= 11 is 0. The van der Waals surface area contributed by atoms with E-state index in [1.54, 1.807) is 12.5 Å².